The average Bonchev–Trinajstić information content (AvgIpc) is 2.35. The average molecular weight is 262 g/mol. The summed E-state index contributed by atoms with van der Waals surface area (Å²) in [6.07, 6.45) is 0.244. The zero-order valence-electron chi connectivity index (χ0n) is 11.0. The van der Waals surface area contributed by atoms with Gasteiger partial charge in [-0.2, -0.15) is 0 Å². The summed E-state index contributed by atoms with van der Waals surface area (Å²) in [5.41, 5.74) is 0. The van der Waals surface area contributed by atoms with Gasteiger partial charge in [0.25, 0.3) is 0 Å². The maximum Gasteiger partial charge on any atom is 0.246 e. The summed E-state index contributed by atoms with van der Waals surface area (Å²) < 4.78 is 14.6. The number of ether oxygens (including phenoxy) is 3. The number of carbonyl (C=O) groups excluding carboxylic acids is 2. The molecular formula is C11H22N2O5. The Hall–Kier alpha value is -1.18. The molecule has 0 aromatic heterocycles. The first-order valence-electron chi connectivity index (χ1n) is 5.79. The summed E-state index contributed by atoms with van der Waals surface area (Å²) in [7, 11) is 3.13. The van der Waals surface area contributed by atoms with Gasteiger partial charge in [-0.05, 0) is 0 Å². The first-order valence-corrected chi connectivity index (χ1v) is 5.79. The maximum absolute atomic E-state index is 11.2. The fourth-order valence-electron chi connectivity index (χ4n) is 1.05. The van der Waals surface area contributed by atoms with Gasteiger partial charge >= 0.3 is 0 Å². The number of amides is 2. The Balaban J connectivity index is 3.35. The molecule has 0 aliphatic heterocycles. The molecule has 0 heterocycles. The van der Waals surface area contributed by atoms with Crippen LogP contribution >= 0.6 is 0 Å². The maximum atomic E-state index is 11.2. The minimum atomic E-state index is -0.240. The normalized spacial score (nSPS) is 10.1. The van der Waals surface area contributed by atoms with E-state index in [1.165, 1.54) is 0 Å². The SMILES string of the molecule is COCCNC(=O)CCNC(=O)COCCOC. The fraction of sp³-hybridized carbons (Fsp3) is 0.818. The van der Waals surface area contributed by atoms with Gasteiger partial charge in [0.2, 0.25) is 11.8 Å². The van der Waals surface area contributed by atoms with Crippen molar-refractivity contribution in [3.8, 4) is 0 Å². The standard InChI is InChI=1S/C11H22N2O5/c1-16-6-5-13-10(14)3-4-12-11(15)9-18-8-7-17-2/h3-9H2,1-2H3,(H,12,15)(H,13,14). The molecule has 0 aromatic carbocycles. The molecule has 2 amide bonds. The molecule has 7 heteroatoms. The van der Waals surface area contributed by atoms with E-state index in [-0.39, 0.29) is 24.8 Å². The highest BCUT2D eigenvalue weighted by Crippen LogP contribution is 1.80. The summed E-state index contributed by atoms with van der Waals surface area (Å²) in [6, 6.07) is 0. The minimum absolute atomic E-state index is 0.0192. The molecule has 0 bridgehead atoms. The predicted molar refractivity (Wildman–Crippen MR) is 65.2 cm³/mol. The van der Waals surface area contributed by atoms with Gasteiger partial charge in [0.05, 0.1) is 19.8 Å². The van der Waals surface area contributed by atoms with Crippen LogP contribution in [0.2, 0.25) is 0 Å². The van der Waals surface area contributed by atoms with E-state index in [0.717, 1.165) is 0 Å². The number of hydrogen-bond donors (Lipinski definition) is 2. The largest absolute Gasteiger partial charge is 0.383 e. The molecule has 106 valence electrons. The van der Waals surface area contributed by atoms with Crippen LogP contribution in [0.3, 0.4) is 0 Å². The molecule has 0 fully saturated rings. The third-order valence-corrected chi connectivity index (χ3v) is 1.97. The molecule has 0 aliphatic carbocycles. The van der Waals surface area contributed by atoms with E-state index in [4.69, 9.17) is 14.2 Å². The number of methoxy groups -OCH3 is 2. The highest BCUT2D eigenvalue weighted by Gasteiger charge is 2.03. The predicted octanol–water partition coefficient (Wildman–Crippen LogP) is -1.08. The molecule has 18 heavy (non-hydrogen) atoms. The molecule has 0 atom stereocenters. The monoisotopic (exact) mass is 262 g/mol. The van der Waals surface area contributed by atoms with Crippen LogP contribution in [-0.4, -0.2) is 65.6 Å². The van der Waals surface area contributed by atoms with Gasteiger partial charge in [0.15, 0.2) is 0 Å². The molecule has 7 nitrogen and oxygen atoms in total. The van der Waals surface area contributed by atoms with Gasteiger partial charge in [-0.1, -0.05) is 0 Å². The van der Waals surface area contributed by atoms with E-state index in [2.05, 4.69) is 10.6 Å². The van der Waals surface area contributed by atoms with Crippen molar-refractivity contribution >= 4 is 11.8 Å². The first-order chi connectivity index (χ1) is 8.70. The van der Waals surface area contributed by atoms with E-state index >= 15 is 0 Å². The Morgan fingerprint density at radius 2 is 1.56 bits per heavy atom. The zero-order chi connectivity index (χ0) is 13.6. The summed E-state index contributed by atoms with van der Waals surface area (Å²) in [6.45, 7) is 2.06. The number of nitrogens with one attached hydrogen (secondary N) is 2. The second-order valence-corrected chi connectivity index (χ2v) is 3.49. The molecule has 0 rings (SSSR count). The summed E-state index contributed by atoms with van der Waals surface area (Å²) in [5.74, 6) is -0.358. The molecule has 0 saturated carbocycles. The van der Waals surface area contributed by atoms with Crippen LogP contribution in [0, 0.1) is 0 Å². The highest BCUT2D eigenvalue weighted by atomic mass is 16.5. The zero-order valence-corrected chi connectivity index (χ0v) is 11.0. The molecule has 2 N–H and O–H groups in total. The number of hydrogen-bond acceptors (Lipinski definition) is 5. The van der Waals surface area contributed by atoms with E-state index in [0.29, 0.717) is 32.9 Å². The van der Waals surface area contributed by atoms with Crippen LogP contribution in [0.15, 0.2) is 0 Å². The third kappa shape index (κ3) is 11.3. The first kappa shape index (κ1) is 16.8. The summed E-state index contributed by atoms with van der Waals surface area (Å²) >= 11 is 0. The van der Waals surface area contributed by atoms with E-state index < -0.39 is 0 Å². The number of rotatable bonds is 11. The van der Waals surface area contributed by atoms with Gasteiger partial charge in [0, 0.05) is 33.7 Å². The topological polar surface area (TPSA) is 85.9 Å². The van der Waals surface area contributed by atoms with Gasteiger partial charge in [0.1, 0.15) is 6.61 Å². The van der Waals surface area contributed by atoms with Crippen LogP contribution < -0.4 is 10.6 Å². The summed E-state index contributed by atoms with van der Waals surface area (Å²) in [5, 5.41) is 5.24. The minimum Gasteiger partial charge on any atom is -0.383 e. The molecule has 0 spiro atoms. The highest BCUT2D eigenvalue weighted by molar-refractivity contribution is 5.79. The van der Waals surface area contributed by atoms with Gasteiger partial charge in [-0.25, -0.2) is 0 Å². The lowest BCUT2D eigenvalue weighted by Gasteiger charge is -2.06. The lowest BCUT2D eigenvalue weighted by atomic mass is 10.4. The van der Waals surface area contributed by atoms with E-state index in [9.17, 15) is 9.59 Å². The Labute approximate surface area is 107 Å². The van der Waals surface area contributed by atoms with Crippen molar-refractivity contribution in [3.63, 3.8) is 0 Å². The molecule has 0 unspecified atom stereocenters. The van der Waals surface area contributed by atoms with Crippen LogP contribution in [0.25, 0.3) is 0 Å². The summed E-state index contributed by atoms with van der Waals surface area (Å²) in [4.78, 5) is 22.5. The molecule has 0 radical (unpaired) electrons. The van der Waals surface area contributed by atoms with Gasteiger partial charge < -0.3 is 24.8 Å². The van der Waals surface area contributed by atoms with Crippen molar-refractivity contribution in [2.24, 2.45) is 0 Å². The smallest absolute Gasteiger partial charge is 0.246 e. The Bertz CT molecular complexity index is 235. The van der Waals surface area contributed by atoms with Crippen molar-refractivity contribution < 1.29 is 23.8 Å². The quantitative estimate of drug-likeness (QED) is 0.463. The molecule has 0 saturated heterocycles. The van der Waals surface area contributed by atoms with Gasteiger partial charge in [-0.3, -0.25) is 9.59 Å². The van der Waals surface area contributed by atoms with Gasteiger partial charge in [-0.15, -0.1) is 0 Å². The van der Waals surface area contributed by atoms with Crippen LogP contribution in [-0.2, 0) is 23.8 Å². The van der Waals surface area contributed by atoms with Crippen LogP contribution in [0.5, 0.6) is 0 Å². The van der Waals surface area contributed by atoms with Crippen molar-refractivity contribution in [2.45, 2.75) is 6.42 Å². The Kier molecular flexibility index (Phi) is 11.5. The lowest BCUT2D eigenvalue weighted by Crippen LogP contribution is -2.33. The van der Waals surface area contributed by atoms with E-state index in [1.54, 1.807) is 14.2 Å². The van der Waals surface area contributed by atoms with Crippen LogP contribution in [0.1, 0.15) is 6.42 Å². The molecule has 0 aliphatic rings. The van der Waals surface area contributed by atoms with Crippen molar-refractivity contribution in [3.05, 3.63) is 0 Å². The second-order valence-electron chi connectivity index (χ2n) is 3.49. The Morgan fingerprint density at radius 1 is 0.889 bits per heavy atom. The Morgan fingerprint density at radius 3 is 2.22 bits per heavy atom. The lowest BCUT2D eigenvalue weighted by molar-refractivity contribution is -0.126. The van der Waals surface area contributed by atoms with Crippen molar-refractivity contribution in [2.75, 3.05) is 53.7 Å². The van der Waals surface area contributed by atoms with Crippen LogP contribution in [0.4, 0.5) is 0 Å². The molecule has 0 aromatic rings. The number of carbonyl (C=O) groups is 2. The van der Waals surface area contributed by atoms with Crippen molar-refractivity contribution in [1.82, 2.24) is 10.6 Å². The third-order valence-electron chi connectivity index (χ3n) is 1.97. The van der Waals surface area contributed by atoms with Crippen molar-refractivity contribution in [1.29, 1.82) is 0 Å². The fourth-order valence-corrected chi connectivity index (χ4v) is 1.05. The second kappa shape index (κ2) is 12.3. The van der Waals surface area contributed by atoms with E-state index in [1.807, 2.05) is 0 Å². The molecular weight excluding hydrogens is 240 g/mol.